The quantitative estimate of drug-likeness (QED) is 0.843. The lowest BCUT2D eigenvalue weighted by atomic mass is 10.0. The Morgan fingerprint density at radius 3 is 2.70 bits per heavy atom. The van der Waals surface area contributed by atoms with E-state index < -0.39 is 10.0 Å². The first-order chi connectivity index (χ1) is 8.88. The van der Waals surface area contributed by atoms with Gasteiger partial charge in [-0.3, -0.25) is 0 Å². The molecule has 114 valence electrons. The second kappa shape index (κ2) is 7.22. The normalized spacial score (nSPS) is 23.1. The third kappa shape index (κ3) is 4.43. The number of benzene rings is 1. The topological polar surface area (TPSA) is 58.2 Å². The fourth-order valence-electron chi connectivity index (χ4n) is 2.44. The molecule has 0 saturated carbocycles. The van der Waals surface area contributed by atoms with Gasteiger partial charge in [-0.1, -0.05) is 15.9 Å². The summed E-state index contributed by atoms with van der Waals surface area (Å²) in [7, 11) is -3.43. The monoisotopic (exact) mass is 382 g/mol. The molecule has 0 bridgehead atoms. The summed E-state index contributed by atoms with van der Waals surface area (Å²) in [5, 5.41) is 3.32. The number of aryl methyl sites for hydroxylation is 1. The Bertz CT molecular complexity index is 565. The van der Waals surface area contributed by atoms with Crippen molar-refractivity contribution in [3.8, 4) is 0 Å². The average Bonchev–Trinajstić information content (AvgIpc) is 2.27. The van der Waals surface area contributed by atoms with Gasteiger partial charge in [-0.05, 0) is 57.0 Å². The molecular weight excluding hydrogens is 364 g/mol. The van der Waals surface area contributed by atoms with Gasteiger partial charge in [-0.15, -0.1) is 12.4 Å². The van der Waals surface area contributed by atoms with Gasteiger partial charge >= 0.3 is 0 Å². The van der Waals surface area contributed by atoms with Crippen molar-refractivity contribution in [1.29, 1.82) is 0 Å². The lowest BCUT2D eigenvalue weighted by Crippen LogP contribution is -2.46. The van der Waals surface area contributed by atoms with Crippen molar-refractivity contribution in [3.63, 3.8) is 0 Å². The summed E-state index contributed by atoms with van der Waals surface area (Å²) in [6, 6.07) is 5.59. The van der Waals surface area contributed by atoms with E-state index in [2.05, 4.69) is 32.9 Å². The third-order valence-electron chi connectivity index (χ3n) is 3.37. The number of halogens is 2. The van der Waals surface area contributed by atoms with Crippen LogP contribution in [0, 0.1) is 6.92 Å². The Labute approximate surface area is 135 Å². The molecule has 1 aliphatic rings. The zero-order chi connectivity index (χ0) is 14.0. The molecule has 2 rings (SSSR count). The first kappa shape index (κ1) is 17.9. The van der Waals surface area contributed by atoms with Gasteiger partial charge in [0.1, 0.15) is 0 Å². The first-order valence-electron chi connectivity index (χ1n) is 6.40. The minimum Gasteiger partial charge on any atom is -0.314 e. The highest BCUT2D eigenvalue weighted by Crippen LogP contribution is 2.21. The maximum atomic E-state index is 12.4. The Morgan fingerprint density at radius 1 is 1.40 bits per heavy atom. The zero-order valence-electron chi connectivity index (χ0n) is 11.5. The summed E-state index contributed by atoms with van der Waals surface area (Å²) in [5.41, 5.74) is 0.754. The molecule has 1 aromatic carbocycles. The number of rotatable bonds is 3. The van der Waals surface area contributed by atoms with Crippen LogP contribution in [-0.4, -0.2) is 27.0 Å². The summed E-state index contributed by atoms with van der Waals surface area (Å²) < 4.78 is 28.5. The summed E-state index contributed by atoms with van der Waals surface area (Å²) in [5.74, 6) is 0. The molecule has 7 heteroatoms. The Hall–Kier alpha value is -0.140. The molecule has 1 saturated heterocycles. The number of hydrogen-bond donors (Lipinski definition) is 2. The fraction of sp³-hybridized carbons (Fsp3) is 0.538. The van der Waals surface area contributed by atoms with Crippen molar-refractivity contribution in [1.82, 2.24) is 10.0 Å². The van der Waals surface area contributed by atoms with Gasteiger partial charge in [-0.2, -0.15) is 0 Å². The highest BCUT2D eigenvalue weighted by molar-refractivity contribution is 9.10. The summed E-state index contributed by atoms with van der Waals surface area (Å²) >= 11 is 3.35. The van der Waals surface area contributed by atoms with Gasteiger partial charge in [0, 0.05) is 16.6 Å². The van der Waals surface area contributed by atoms with E-state index in [0.29, 0.717) is 10.9 Å². The van der Waals surface area contributed by atoms with Gasteiger partial charge in [0.05, 0.1) is 4.90 Å². The summed E-state index contributed by atoms with van der Waals surface area (Å²) in [4.78, 5) is 0.363. The highest BCUT2D eigenvalue weighted by Gasteiger charge is 2.25. The van der Waals surface area contributed by atoms with Crippen LogP contribution in [0.25, 0.3) is 0 Å². The van der Waals surface area contributed by atoms with Crippen molar-refractivity contribution < 1.29 is 8.42 Å². The molecule has 1 aromatic rings. The SMILES string of the molecule is Cc1cc(Br)ccc1S(=O)(=O)NC1CCNC(C)C1.Cl. The number of piperidine rings is 1. The summed E-state index contributed by atoms with van der Waals surface area (Å²) in [6.07, 6.45) is 1.66. The van der Waals surface area contributed by atoms with Crippen LogP contribution in [0.1, 0.15) is 25.3 Å². The molecule has 0 radical (unpaired) electrons. The van der Waals surface area contributed by atoms with Crippen LogP contribution in [0.2, 0.25) is 0 Å². The number of hydrogen-bond acceptors (Lipinski definition) is 3. The van der Waals surface area contributed by atoms with Gasteiger partial charge in [0.15, 0.2) is 0 Å². The Morgan fingerprint density at radius 2 is 2.10 bits per heavy atom. The van der Waals surface area contributed by atoms with Gasteiger partial charge in [0.25, 0.3) is 0 Å². The van der Waals surface area contributed by atoms with Crippen molar-refractivity contribution in [3.05, 3.63) is 28.2 Å². The molecule has 0 spiro atoms. The second-order valence-electron chi connectivity index (χ2n) is 5.11. The van der Waals surface area contributed by atoms with Crippen LogP contribution in [0.4, 0.5) is 0 Å². The van der Waals surface area contributed by atoms with E-state index in [1.165, 1.54) is 0 Å². The predicted octanol–water partition coefficient (Wildman–Crippen LogP) is 2.60. The molecule has 20 heavy (non-hydrogen) atoms. The highest BCUT2D eigenvalue weighted by atomic mass is 79.9. The van der Waals surface area contributed by atoms with E-state index >= 15 is 0 Å². The minimum atomic E-state index is -3.43. The standard InChI is InChI=1S/C13H19BrN2O2S.ClH/c1-9-7-11(14)3-4-13(9)19(17,18)16-12-5-6-15-10(2)8-12;/h3-4,7,10,12,15-16H,5-6,8H2,1-2H3;1H. The lowest BCUT2D eigenvalue weighted by molar-refractivity contribution is 0.361. The molecule has 0 aromatic heterocycles. The largest absolute Gasteiger partial charge is 0.314 e. The van der Waals surface area contributed by atoms with Crippen molar-refractivity contribution in [2.24, 2.45) is 0 Å². The first-order valence-corrected chi connectivity index (χ1v) is 8.68. The summed E-state index contributed by atoms with van der Waals surface area (Å²) in [6.45, 7) is 4.74. The van der Waals surface area contributed by atoms with E-state index in [-0.39, 0.29) is 18.4 Å². The van der Waals surface area contributed by atoms with Crippen LogP contribution < -0.4 is 10.0 Å². The van der Waals surface area contributed by atoms with Crippen molar-refractivity contribution >= 4 is 38.4 Å². The van der Waals surface area contributed by atoms with Gasteiger partial charge < -0.3 is 5.32 Å². The molecule has 1 fully saturated rings. The molecule has 0 amide bonds. The number of nitrogens with one attached hydrogen (secondary N) is 2. The minimum absolute atomic E-state index is 0. The fourth-order valence-corrected chi connectivity index (χ4v) is 4.42. The van der Waals surface area contributed by atoms with Crippen molar-refractivity contribution in [2.75, 3.05) is 6.54 Å². The molecule has 2 N–H and O–H groups in total. The third-order valence-corrected chi connectivity index (χ3v) is 5.55. The molecule has 2 atom stereocenters. The molecule has 1 aliphatic heterocycles. The predicted molar refractivity (Wildman–Crippen MR) is 86.9 cm³/mol. The average molecular weight is 384 g/mol. The smallest absolute Gasteiger partial charge is 0.241 e. The van der Waals surface area contributed by atoms with Crippen LogP contribution in [0.15, 0.2) is 27.6 Å². The molecule has 0 aliphatic carbocycles. The van der Waals surface area contributed by atoms with E-state index in [1.807, 2.05) is 13.0 Å². The van der Waals surface area contributed by atoms with E-state index in [1.54, 1.807) is 12.1 Å². The van der Waals surface area contributed by atoms with E-state index in [0.717, 1.165) is 29.4 Å². The molecule has 2 unspecified atom stereocenters. The molecule has 4 nitrogen and oxygen atoms in total. The van der Waals surface area contributed by atoms with Gasteiger partial charge in [-0.25, -0.2) is 13.1 Å². The van der Waals surface area contributed by atoms with Crippen LogP contribution in [-0.2, 0) is 10.0 Å². The zero-order valence-corrected chi connectivity index (χ0v) is 14.7. The van der Waals surface area contributed by atoms with E-state index in [9.17, 15) is 8.42 Å². The van der Waals surface area contributed by atoms with Crippen LogP contribution in [0.5, 0.6) is 0 Å². The Balaban J connectivity index is 0.00000200. The lowest BCUT2D eigenvalue weighted by Gasteiger charge is -2.28. The Kier molecular flexibility index (Phi) is 6.47. The second-order valence-corrected chi connectivity index (χ2v) is 7.71. The van der Waals surface area contributed by atoms with Crippen molar-refractivity contribution in [2.45, 2.75) is 43.7 Å². The maximum absolute atomic E-state index is 12.4. The van der Waals surface area contributed by atoms with Crippen LogP contribution >= 0.6 is 28.3 Å². The van der Waals surface area contributed by atoms with E-state index in [4.69, 9.17) is 0 Å². The van der Waals surface area contributed by atoms with Crippen LogP contribution in [0.3, 0.4) is 0 Å². The molecular formula is C13H20BrClN2O2S. The molecule has 1 heterocycles. The maximum Gasteiger partial charge on any atom is 0.241 e. The number of sulfonamides is 1. The van der Waals surface area contributed by atoms with Gasteiger partial charge in [0.2, 0.25) is 10.0 Å².